The van der Waals surface area contributed by atoms with Gasteiger partial charge in [0, 0.05) is 28.1 Å². The van der Waals surface area contributed by atoms with E-state index in [2.05, 4.69) is 91.6 Å². The maximum Gasteiger partial charge on any atom is 0.144 e. The molecule has 0 bridgehead atoms. The minimum Gasteiger partial charge on any atom is -0.455 e. The molecule has 0 aliphatic rings. The van der Waals surface area contributed by atoms with Gasteiger partial charge in [-0.25, -0.2) is 0 Å². The van der Waals surface area contributed by atoms with Gasteiger partial charge in [-0.1, -0.05) is 74.5 Å². The largest absolute Gasteiger partial charge is 0.455 e. The number of hydrogen-bond donors (Lipinski definition) is 0. The lowest BCUT2D eigenvalue weighted by molar-refractivity contribution is 0.671. The summed E-state index contributed by atoms with van der Waals surface area (Å²) in [7, 11) is 0. The monoisotopic (exact) mass is 363 g/mol. The first kappa shape index (κ1) is 16.8. The lowest BCUT2D eigenvalue weighted by atomic mass is 9.99. The van der Waals surface area contributed by atoms with Crippen LogP contribution in [-0.2, 0) is 0 Å². The van der Waals surface area contributed by atoms with Crippen molar-refractivity contribution in [2.45, 2.75) is 19.8 Å². The first-order valence-electron chi connectivity index (χ1n) is 9.68. The molecule has 0 saturated carbocycles. The number of rotatable bonds is 3. The standard InChI is InChI=1S/C26H21NO/c1-17(2)19-14-15-27-24(16-19)23-13-7-12-22-21-11-6-10-20(25(21)28-26(22)23)18-8-4-3-5-9-18/h3-17H,1-2H3. The SMILES string of the molecule is CC(C)c1ccnc(-c2cccc3c2oc2c(-c4ccccc4)cccc23)c1. The van der Waals surface area contributed by atoms with E-state index in [-0.39, 0.29) is 0 Å². The summed E-state index contributed by atoms with van der Waals surface area (Å²) in [5, 5.41) is 2.26. The van der Waals surface area contributed by atoms with Crippen molar-refractivity contribution in [3.05, 3.63) is 90.6 Å². The van der Waals surface area contributed by atoms with Crippen LogP contribution in [0, 0.1) is 0 Å². The van der Waals surface area contributed by atoms with Gasteiger partial charge < -0.3 is 4.42 Å². The van der Waals surface area contributed by atoms with Crippen LogP contribution in [-0.4, -0.2) is 4.98 Å². The molecule has 0 aliphatic heterocycles. The van der Waals surface area contributed by atoms with Crippen molar-refractivity contribution in [3.63, 3.8) is 0 Å². The number of benzene rings is 3. The third kappa shape index (κ3) is 2.69. The maximum atomic E-state index is 6.48. The molecule has 3 aromatic carbocycles. The van der Waals surface area contributed by atoms with Crippen LogP contribution >= 0.6 is 0 Å². The van der Waals surface area contributed by atoms with Gasteiger partial charge in [0.15, 0.2) is 0 Å². The molecule has 0 radical (unpaired) electrons. The number of para-hydroxylation sites is 2. The summed E-state index contributed by atoms with van der Waals surface area (Å²) in [6.45, 7) is 4.40. The van der Waals surface area contributed by atoms with Crippen molar-refractivity contribution in [1.82, 2.24) is 4.98 Å². The molecule has 0 atom stereocenters. The topological polar surface area (TPSA) is 26.0 Å². The van der Waals surface area contributed by atoms with E-state index >= 15 is 0 Å². The molecule has 28 heavy (non-hydrogen) atoms. The molecule has 5 rings (SSSR count). The van der Waals surface area contributed by atoms with Crippen LogP contribution < -0.4 is 0 Å². The van der Waals surface area contributed by atoms with Crippen molar-refractivity contribution in [2.24, 2.45) is 0 Å². The lowest BCUT2D eigenvalue weighted by Crippen LogP contribution is -1.90. The predicted octanol–water partition coefficient (Wildman–Crippen LogP) is 7.44. The van der Waals surface area contributed by atoms with E-state index in [4.69, 9.17) is 4.42 Å². The second-order valence-corrected chi connectivity index (χ2v) is 7.46. The van der Waals surface area contributed by atoms with E-state index in [0.717, 1.165) is 44.3 Å². The lowest BCUT2D eigenvalue weighted by Gasteiger charge is -2.07. The van der Waals surface area contributed by atoms with E-state index in [0.29, 0.717) is 5.92 Å². The Kier molecular flexibility index (Phi) is 3.98. The van der Waals surface area contributed by atoms with Gasteiger partial charge in [0.1, 0.15) is 11.2 Å². The summed E-state index contributed by atoms with van der Waals surface area (Å²) in [4.78, 5) is 4.63. The van der Waals surface area contributed by atoms with E-state index < -0.39 is 0 Å². The molecule has 5 aromatic rings. The smallest absolute Gasteiger partial charge is 0.144 e. The number of pyridine rings is 1. The van der Waals surface area contributed by atoms with Crippen LogP contribution in [0.2, 0.25) is 0 Å². The molecule has 0 N–H and O–H groups in total. The van der Waals surface area contributed by atoms with Gasteiger partial charge in [-0.15, -0.1) is 0 Å². The van der Waals surface area contributed by atoms with Crippen molar-refractivity contribution < 1.29 is 4.42 Å². The Balaban J connectivity index is 1.79. The Morgan fingerprint density at radius 2 is 1.39 bits per heavy atom. The Labute approximate surface area is 164 Å². The summed E-state index contributed by atoms with van der Waals surface area (Å²) in [5.41, 5.74) is 7.37. The van der Waals surface area contributed by atoms with Gasteiger partial charge in [-0.05, 0) is 35.2 Å². The molecule has 0 saturated heterocycles. The van der Waals surface area contributed by atoms with Crippen molar-refractivity contribution in [1.29, 1.82) is 0 Å². The number of hydrogen-bond acceptors (Lipinski definition) is 2. The maximum absolute atomic E-state index is 6.48. The average Bonchev–Trinajstić information content (AvgIpc) is 3.13. The van der Waals surface area contributed by atoms with Crippen molar-refractivity contribution in [2.75, 3.05) is 0 Å². The van der Waals surface area contributed by atoms with Gasteiger partial charge in [-0.2, -0.15) is 0 Å². The van der Waals surface area contributed by atoms with Crippen molar-refractivity contribution in [3.8, 4) is 22.4 Å². The number of fused-ring (bicyclic) bond motifs is 3. The highest BCUT2D eigenvalue weighted by atomic mass is 16.3. The van der Waals surface area contributed by atoms with Crippen LogP contribution in [0.4, 0.5) is 0 Å². The normalized spacial score (nSPS) is 11.5. The Bertz CT molecular complexity index is 1280. The van der Waals surface area contributed by atoms with Gasteiger partial charge in [0.05, 0.1) is 5.69 Å². The van der Waals surface area contributed by atoms with Gasteiger partial charge in [0.25, 0.3) is 0 Å². The van der Waals surface area contributed by atoms with E-state index in [1.807, 2.05) is 12.3 Å². The highest BCUT2D eigenvalue weighted by molar-refractivity contribution is 6.12. The third-order valence-corrected chi connectivity index (χ3v) is 5.34. The summed E-state index contributed by atoms with van der Waals surface area (Å²) < 4.78 is 6.48. The average molecular weight is 363 g/mol. The first-order chi connectivity index (χ1) is 13.7. The fraction of sp³-hybridized carbons (Fsp3) is 0.115. The summed E-state index contributed by atoms with van der Waals surface area (Å²) >= 11 is 0. The minimum atomic E-state index is 0.460. The summed E-state index contributed by atoms with van der Waals surface area (Å²) in [5.74, 6) is 0.460. The van der Waals surface area contributed by atoms with Crippen molar-refractivity contribution >= 4 is 21.9 Å². The predicted molar refractivity (Wildman–Crippen MR) is 116 cm³/mol. The number of nitrogens with zero attached hydrogens (tertiary/aromatic N) is 1. The second kappa shape index (κ2) is 6.65. The highest BCUT2D eigenvalue weighted by Gasteiger charge is 2.16. The Hall–Kier alpha value is -3.39. The van der Waals surface area contributed by atoms with E-state index in [9.17, 15) is 0 Å². The molecule has 136 valence electrons. The zero-order valence-corrected chi connectivity index (χ0v) is 16.0. The quantitative estimate of drug-likeness (QED) is 0.333. The first-order valence-corrected chi connectivity index (χ1v) is 9.68. The molecule has 0 unspecified atom stereocenters. The molecule has 2 heteroatoms. The minimum absolute atomic E-state index is 0.460. The molecule has 2 aromatic heterocycles. The number of furan rings is 1. The molecule has 0 aliphatic carbocycles. The zero-order valence-electron chi connectivity index (χ0n) is 16.0. The van der Waals surface area contributed by atoms with E-state index in [1.165, 1.54) is 5.56 Å². The Morgan fingerprint density at radius 1 is 0.714 bits per heavy atom. The number of aromatic nitrogens is 1. The van der Waals surface area contributed by atoms with Gasteiger partial charge in [0.2, 0.25) is 0 Å². The molecule has 2 nitrogen and oxygen atoms in total. The van der Waals surface area contributed by atoms with Gasteiger partial charge >= 0.3 is 0 Å². The molecule has 0 fully saturated rings. The van der Waals surface area contributed by atoms with Crippen LogP contribution in [0.5, 0.6) is 0 Å². The second-order valence-electron chi connectivity index (χ2n) is 7.46. The molecule has 0 spiro atoms. The van der Waals surface area contributed by atoms with Crippen LogP contribution in [0.15, 0.2) is 89.5 Å². The summed E-state index contributed by atoms with van der Waals surface area (Å²) in [6.07, 6.45) is 1.89. The highest BCUT2D eigenvalue weighted by Crippen LogP contribution is 2.39. The van der Waals surface area contributed by atoms with Gasteiger partial charge in [-0.3, -0.25) is 4.98 Å². The van der Waals surface area contributed by atoms with Crippen LogP contribution in [0.3, 0.4) is 0 Å². The summed E-state index contributed by atoms with van der Waals surface area (Å²) in [6, 6.07) is 27.3. The van der Waals surface area contributed by atoms with Crippen LogP contribution in [0.25, 0.3) is 44.3 Å². The Morgan fingerprint density at radius 3 is 2.11 bits per heavy atom. The fourth-order valence-electron chi connectivity index (χ4n) is 3.82. The molecule has 0 amide bonds. The van der Waals surface area contributed by atoms with Crippen LogP contribution in [0.1, 0.15) is 25.3 Å². The molecular formula is C26H21NO. The van der Waals surface area contributed by atoms with E-state index in [1.54, 1.807) is 0 Å². The zero-order chi connectivity index (χ0) is 19.1. The molecule has 2 heterocycles. The molecular weight excluding hydrogens is 342 g/mol. The third-order valence-electron chi connectivity index (χ3n) is 5.34. The fourth-order valence-corrected chi connectivity index (χ4v) is 3.82.